The highest BCUT2D eigenvalue weighted by Crippen LogP contribution is 2.33. The second kappa shape index (κ2) is 7.98. The number of hydrogen-bond acceptors (Lipinski definition) is 5. The van der Waals surface area contributed by atoms with Crippen molar-refractivity contribution < 1.29 is 13.2 Å². The zero-order valence-corrected chi connectivity index (χ0v) is 17.5. The van der Waals surface area contributed by atoms with Gasteiger partial charge in [0.05, 0.1) is 22.7 Å². The molecule has 0 radical (unpaired) electrons. The lowest BCUT2D eigenvalue weighted by Gasteiger charge is -2.09. The maximum atomic E-state index is 12.6. The van der Waals surface area contributed by atoms with Crippen LogP contribution in [0.1, 0.15) is 16.1 Å². The van der Waals surface area contributed by atoms with Gasteiger partial charge in [-0.3, -0.25) is 0 Å². The number of methoxy groups -OCH3 is 1. The smallest absolute Gasteiger partial charge is 0.240 e. The molecular weight excluding hydrogens is 404 g/mol. The van der Waals surface area contributed by atoms with Gasteiger partial charge in [-0.25, -0.2) is 18.1 Å². The average molecular weight is 423 g/mol. The molecule has 0 saturated carbocycles. The molecule has 0 bridgehead atoms. The van der Waals surface area contributed by atoms with Gasteiger partial charge >= 0.3 is 0 Å². The minimum atomic E-state index is -3.64. The average Bonchev–Trinajstić information content (AvgIpc) is 3.01. The van der Waals surface area contributed by atoms with Gasteiger partial charge in [0.1, 0.15) is 10.8 Å². The summed E-state index contributed by atoms with van der Waals surface area (Å²) >= 11 is 7.66. The van der Waals surface area contributed by atoms with Crippen LogP contribution in [0.5, 0.6) is 5.75 Å². The number of rotatable bonds is 6. The Bertz CT molecular complexity index is 1080. The van der Waals surface area contributed by atoms with Crippen LogP contribution in [0, 0.1) is 13.8 Å². The van der Waals surface area contributed by atoms with Crippen molar-refractivity contribution in [1.29, 1.82) is 0 Å². The SMILES string of the molecule is COc1ccc(S(=O)(=O)NCc2sc(-c3ccccc3Cl)nc2C)cc1C. The summed E-state index contributed by atoms with van der Waals surface area (Å²) in [5, 5.41) is 1.39. The predicted octanol–water partition coefficient (Wildman–Crippen LogP) is 4.57. The first kappa shape index (κ1) is 19.8. The van der Waals surface area contributed by atoms with Crippen LogP contribution < -0.4 is 9.46 Å². The van der Waals surface area contributed by atoms with Crippen LogP contribution >= 0.6 is 22.9 Å². The molecule has 1 N–H and O–H groups in total. The Morgan fingerprint density at radius 1 is 1.19 bits per heavy atom. The first-order valence-electron chi connectivity index (χ1n) is 8.17. The van der Waals surface area contributed by atoms with Crippen molar-refractivity contribution in [2.45, 2.75) is 25.3 Å². The minimum Gasteiger partial charge on any atom is -0.496 e. The first-order chi connectivity index (χ1) is 12.8. The Balaban J connectivity index is 1.80. The van der Waals surface area contributed by atoms with Crippen molar-refractivity contribution in [2.75, 3.05) is 7.11 Å². The van der Waals surface area contributed by atoms with Gasteiger partial charge in [-0.05, 0) is 43.7 Å². The molecule has 0 aliphatic carbocycles. The zero-order chi connectivity index (χ0) is 19.6. The van der Waals surface area contributed by atoms with E-state index in [9.17, 15) is 8.42 Å². The Morgan fingerprint density at radius 2 is 1.93 bits per heavy atom. The number of halogens is 1. The fourth-order valence-electron chi connectivity index (χ4n) is 2.60. The van der Waals surface area contributed by atoms with E-state index in [-0.39, 0.29) is 11.4 Å². The van der Waals surface area contributed by atoms with Crippen LogP contribution in [0.25, 0.3) is 10.6 Å². The van der Waals surface area contributed by atoms with Crippen molar-refractivity contribution in [3.63, 3.8) is 0 Å². The number of aromatic nitrogens is 1. The van der Waals surface area contributed by atoms with Crippen LogP contribution in [0.3, 0.4) is 0 Å². The van der Waals surface area contributed by atoms with Gasteiger partial charge in [0, 0.05) is 17.0 Å². The lowest BCUT2D eigenvalue weighted by atomic mass is 10.2. The van der Waals surface area contributed by atoms with E-state index in [1.807, 2.05) is 31.2 Å². The summed E-state index contributed by atoms with van der Waals surface area (Å²) in [4.78, 5) is 5.58. The molecule has 0 atom stereocenters. The van der Waals surface area contributed by atoms with Gasteiger partial charge < -0.3 is 4.74 Å². The number of nitrogens with zero attached hydrogens (tertiary/aromatic N) is 1. The highest BCUT2D eigenvalue weighted by molar-refractivity contribution is 7.89. The monoisotopic (exact) mass is 422 g/mol. The molecule has 0 unspecified atom stereocenters. The van der Waals surface area contributed by atoms with Crippen molar-refractivity contribution in [2.24, 2.45) is 0 Å². The molecule has 0 aliphatic rings. The number of sulfonamides is 1. The molecule has 0 amide bonds. The number of benzene rings is 2. The molecule has 0 spiro atoms. The summed E-state index contributed by atoms with van der Waals surface area (Å²) < 4.78 is 33.0. The quantitative estimate of drug-likeness (QED) is 0.631. The Kier molecular flexibility index (Phi) is 5.86. The van der Waals surface area contributed by atoms with E-state index in [4.69, 9.17) is 16.3 Å². The Hall–Kier alpha value is -1.93. The van der Waals surface area contributed by atoms with Crippen LogP contribution in [0.4, 0.5) is 0 Å². The van der Waals surface area contributed by atoms with Gasteiger partial charge in [-0.1, -0.05) is 29.8 Å². The number of nitrogens with one attached hydrogen (secondary N) is 1. The second-order valence-electron chi connectivity index (χ2n) is 5.96. The molecule has 3 rings (SSSR count). The van der Waals surface area contributed by atoms with E-state index < -0.39 is 10.0 Å². The third-order valence-electron chi connectivity index (χ3n) is 4.10. The van der Waals surface area contributed by atoms with E-state index in [0.29, 0.717) is 10.8 Å². The summed E-state index contributed by atoms with van der Waals surface area (Å²) in [5.41, 5.74) is 2.38. The summed E-state index contributed by atoms with van der Waals surface area (Å²) in [6.07, 6.45) is 0. The summed E-state index contributed by atoms with van der Waals surface area (Å²) in [5.74, 6) is 0.650. The molecule has 1 aromatic heterocycles. The summed E-state index contributed by atoms with van der Waals surface area (Å²) in [6, 6.07) is 12.2. The van der Waals surface area contributed by atoms with Gasteiger partial charge in [-0.2, -0.15) is 0 Å². The number of hydrogen-bond donors (Lipinski definition) is 1. The molecule has 3 aromatic rings. The lowest BCUT2D eigenvalue weighted by molar-refractivity contribution is 0.411. The van der Waals surface area contributed by atoms with E-state index in [2.05, 4.69) is 9.71 Å². The van der Waals surface area contributed by atoms with Gasteiger partial charge in [0.15, 0.2) is 0 Å². The number of aryl methyl sites for hydroxylation is 2. The Morgan fingerprint density at radius 3 is 2.59 bits per heavy atom. The number of thiazole rings is 1. The Labute approximate surface area is 168 Å². The van der Waals surface area contributed by atoms with Crippen molar-refractivity contribution >= 4 is 33.0 Å². The normalized spacial score (nSPS) is 11.6. The maximum absolute atomic E-state index is 12.6. The van der Waals surface area contributed by atoms with Crippen LogP contribution in [0.15, 0.2) is 47.4 Å². The van der Waals surface area contributed by atoms with Crippen LogP contribution in [-0.2, 0) is 16.6 Å². The first-order valence-corrected chi connectivity index (χ1v) is 10.8. The standard InChI is InChI=1S/C19H19ClN2O3S2/c1-12-10-14(8-9-17(12)25-3)27(23,24)21-11-18-13(2)22-19(26-18)15-6-4-5-7-16(15)20/h4-10,21H,11H2,1-3H3. The molecule has 2 aromatic carbocycles. The molecule has 5 nitrogen and oxygen atoms in total. The zero-order valence-electron chi connectivity index (χ0n) is 15.1. The molecule has 0 aliphatic heterocycles. The molecule has 0 fully saturated rings. The van der Waals surface area contributed by atoms with Crippen molar-refractivity contribution in [1.82, 2.24) is 9.71 Å². The molecular formula is C19H19ClN2O3S2. The third kappa shape index (κ3) is 4.32. The summed E-state index contributed by atoms with van der Waals surface area (Å²) in [6.45, 7) is 3.83. The van der Waals surface area contributed by atoms with E-state index in [1.165, 1.54) is 17.4 Å². The largest absolute Gasteiger partial charge is 0.496 e. The molecule has 1 heterocycles. The van der Waals surface area contributed by atoms with Crippen LogP contribution in [0.2, 0.25) is 5.02 Å². The van der Waals surface area contributed by atoms with Crippen molar-refractivity contribution in [3.05, 3.63) is 63.6 Å². The fraction of sp³-hybridized carbons (Fsp3) is 0.211. The second-order valence-corrected chi connectivity index (χ2v) is 9.22. The number of ether oxygens (including phenoxy) is 1. The van der Waals surface area contributed by atoms with Crippen LogP contribution in [-0.4, -0.2) is 20.5 Å². The van der Waals surface area contributed by atoms with Crippen molar-refractivity contribution in [3.8, 4) is 16.3 Å². The summed E-state index contributed by atoms with van der Waals surface area (Å²) in [7, 11) is -2.09. The maximum Gasteiger partial charge on any atom is 0.240 e. The lowest BCUT2D eigenvalue weighted by Crippen LogP contribution is -2.23. The van der Waals surface area contributed by atoms with Gasteiger partial charge in [-0.15, -0.1) is 11.3 Å². The molecule has 27 heavy (non-hydrogen) atoms. The highest BCUT2D eigenvalue weighted by Gasteiger charge is 2.18. The third-order valence-corrected chi connectivity index (χ3v) is 7.02. The van der Waals surface area contributed by atoms with E-state index >= 15 is 0 Å². The van der Waals surface area contributed by atoms with Gasteiger partial charge in [0.2, 0.25) is 10.0 Å². The topological polar surface area (TPSA) is 68.3 Å². The minimum absolute atomic E-state index is 0.168. The molecule has 142 valence electrons. The molecule has 8 heteroatoms. The highest BCUT2D eigenvalue weighted by atomic mass is 35.5. The van der Waals surface area contributed by atoms with E-state index in [0.717, 1.165) is 26.7 Å². The predicted molar refractivity (Wildman–Crippen MR) is 109 cm³/mol. The molecule has 0 saturated heterocycles. The fourth-order valence-corrected chi connectivity index (χ4v) is 5.10. The van der Waals surface area contributed by atoms with E-state index in [1.54, 1.807) is 26.2 Å². The van der Waals surface area contributed by atoms with Gasteiger partial charge in [0.25, 0.3) is 0 Å².